The number of amides is 1. The molecule has 2 aromatic rings. The summed E-state index contributed by atoms with van der Waals surface area (Å²) in [6, 6.07) is 2.95. The summed E-state index contributed by atoms with van der Waals surface area (Å²) in [7, 11) is 0. The van der Waals surface area contributed by atoms with Crippen molar-refractivity contribution in [3.05, 3.63) is 51.8 Å². The number of aromatic nitrogens is 1. The van der Waals surface area contributed by atoms with Crippen LogP contribution in [-0.4, -0.2) is 33.1 Å². The van der Waals surface area contributed by atoms with Gasteiger partial charge in [0.1, 0.15) is 5.69 Å². The summed E-state index contributed by atoms with van der Waals surface area (Å²) in [5.41, 5.74) is 0.171. The molecule has 2 aliphatic rings. The molecule has 1 saturated carbocycles. The molecule has 1 fully saturated rings. The van der Waals surface area contributed by atoms with Gasteiger partial charge in [-0.15, -0.1) is 0 Å². The molecule has 1 amide bonds. The number of nitrogens with zero attached hydrogens (tertiary/aromatic N) is 1. The van der Waals surface area contributed by atoms with Crippen molar-refractivity contribution in [3.8, 4) is 0 Å². The summed E-state index contributed by atoms with van der Waals surface area (Å²) >= 11 is 6.50. The Bertz CT molecular complexity index is 1250. The van der Waals surface area contributed by atoms with Gasteiger partial charge < -0.3 is 15.0 Å². The van der Waals surface area contributed by atoms with E-state index in [0.717, 1.165) is 12.1 Å². The maximum Gasteiger partial charge on any atom is 0.303 e. The number of carboxylic acids is 1. The normalized spacial score (nSPS) is 21.2. The van der Waals surface area contributed by atoms with Crippen molar-refractivity contribution < 1.29 is 33.1 Å². The monoisotopic (exact) mass is 520 g/mol. The van der Waals surface area contributed by atoms with Crippen molar-refractivity contribution in [2.24, 2.45) is 11.3 Å². The summed E-state index contributed by atoms with van der Waals surface area (Å²) in [4.78, 5) is 50.3. The Kier molecular flexibility index (Phi) is 7.31. The SMILES string of the molecule is CC1(CC(=O)C(=O)c2c(Cl)c(C(=O)Nc3ccc(F)c(F)c3)c3n2CCC3)CCC(CC(=O)O)CC1. The lowest BCUT2D eigenvalue weighted by atomic mass is 9.68. The van der Waals surface area contributed by atoms with Crippen molar-refractivity contribution in [1.82, 2.24) is 4.57 Å². The quantitative estimate of drug-likeness (QED) is 0.356. The van der Waals surface area contributed by atoms with Gasteiger partial charge in [0.15, 0.2) is 11.6 Å². The molecule has 0 spiro atoms. The van der Waals surface area contributed by atoms with Gasteiger partial charge in [-0.3, -0.25) is 19.2 Å². The molecule has 0 atom stereocenters. The molecule has 4 rings (SSSR count). The maximum absolute atomic E-state index is 13.6. The van der Waals surface area contributed by atoms with Gasteiger partial charge in [-0.2, -0.15) is 0 Å². The molecular formula is C26H27ClF2N2O5. The molecule has 1 aliphatic heterocycles. The van der Waals surface area contributed by atoms with Crippen LogP contribution in [-0.2, 0) is 22.6 Å². The number of nitrogens with one attached hydrogen (secondary N) is 1. The molecule has 0 bridgehead atoms. The first kappa shape index (κ1) is 26.0. The average Bonchev–Trinajstić information content (AvgIpc) is 3.36. The first-order valence-electron chi connectivity index (χ1n) is 12.0. The highest BCUT2D eigenvalue weighted by Gasteiger charge is 2.38. The van der Waals surface area contributed by atoms with Gasteiger partial charge in [0.05, 0.1) is 10.6 Å². The van der Waals surface area contributed by atoms with Gasteiger partial charge in [0.2, 0.25) is 11.6 Å². The molecule has 2 N–H and O–H groups in total. The molecule has 36 heavy (non-hydrogen) atoms. The standard InChI is InChI=1S/C26H27ClF2N2O5/c1-26(8-6-14(7-9-26)11-20(33)34)13-19(32)24(35)23-22(27)21(18-3-2-10-31(18)23)25(36)30-15-4-5-16(28)17(29)12-15/h4-5,12,14H,2-3,6-11,13H2,1H3,(H,30,36)(H,33,34). The Balaban J connectivity index is 1.52. The molecule has 7 nitrogen and oxygen atoms in total. The number of rotatable bonds is 8. The largest absolute Gasteiger partial charge is 0.481 e. The zero-order valence-corrected chi connectivity index (χ0v) is 20.6. The highest BCUT2D eigenvalue weighted by molar-refractivity contribution is 6.48. The smallest absolute Gasteiger partial charge is 0.303 e. The van der Waals surface area contributed by atoms with Crippen molar-refractivity contribution in [2.75, 3.05) is 5.32 Å². The fraction of sp³-hybridized carbons (Fsp3) is 0.462. The van der Waals surface area contributed by atoms with Gasteiger partial charge >= 0.3 is 5.97 Å². The fourth-order valence-corrected chi connectivity index (χ4v) is 5.75. The van der Waals surface area contributed by atoms with Crippen LogP contribution in [0.4, 0.5) is 14.5 Å². The van der Waals surface area contributed by atoms with E-state index in [4.69, 9.17) is 16.7 Å². The number of hydrogen-bond donors (Lipinski definition) is 2. The van der Waals surface area contributed by atoms with E-state index in [1.165, 1.54) is 6.07 Å². The van der Waals surface area contributed by atoms with Crippen LogP contribution in [0.15, 0.2) is 18.2 Å². The average molecular weight is 521 g/mol. The van der Waals surface area contributed by atoms with Crippen LogP contribution in [0, 0.1) is 23.0 Å². The van der Waals surface area contributed by atoms with Gasteiger partial charge in [-0.25, -0.2) is 8.78 Å². The van der Waals surface area contributed by atoms with Gasteiger partial charge in [-0.05, 0) is 62.0 Å². The zero-order valence-electron chi connectivity index (χ0n) is 19.8. The van der Waals surface area contributed by atoms with Crippen molar-refractivity contribution in [1.29, 1.82) is 0 Å². The van der Waals surface area contributed by atoms with Gasteiger partial charge in [0, 0.05) is 36.8 Å². The van der Waals surface area contributed by atoms with Crippen molar-refractivity contribution in [2.45, 2.75) is 64.8 Å². The first-order valence-corrected chi connectivity index (χ1v) is 12.3. The molecule has 0 unspecified atom stereocenters. The van der Waals surface area contributed by atoms with E-state index >= 15 is 0 Å². The lowest BCUT2D eigenvalue weighted by Gasteiger charge is -2.36. The zero-order chi connectivity index (χ0) is 26.2. The molecule has 192 valence electrons. The lowest BCUT2D eigenvalue weighted by molar-refractivity contribution is -0.138. The second-order valence-corrected chi connectivity index (χ2v) is 10.5. The number of halogens is 3. The molecule has 10 heteroatoms. The maximum atomic E-state index is 13.6. The number of carboxylic acid groups (broad SMARTS) is 1. The topological polar surface area (TPSA) is 105 Å². The number of carbonyl (C=O) groups is 4. The number of aliphatic carboxylic acids is 1. The first-order chi connectivity index (χ1) is 17.0. The fourth-order valence-electron chi connectivity index (χ4n) is 5.37. The minimum atomic E-state index is -1.12. The number of benzene rings is 1. The molecule has 0 saturated heterocycles. The van der Waals surface area contributed by atoms with Crippen LogP contribution in [0.25, 0.3) is 0 Å². The van der Waals surface area contributed by atoms with E-state index in [9.17, 15) is 28.0 Å². The predicted molar refractivity (Wildman–Crippen MR) is 128 cm³/mol. The van der Waals surface area contributed by atoms with Crippen LogP contribution in [0.3, 0.4) is 0 Å². The Labute approximate surface area is 211 Å². The molecule has 1 aromatic carbocycles. The Morgan fingerprint density at radius 3 is 2.50 bits per heavy atom. The Morgan fingerprint density at radius 1 is 1.17 bits per heavy atom. The second-order valence-electron chi connectivity index (χ2n) is 10.1. The summed E-state index contributed by atoms with van der Waals surface area (Å²) < 4.78 is 28.4. The van der Waals surface area contributed by atoms with Crippen LogP contribution in [0.5, 0.6) is 0 Å². The lowest BCUT2D eigenvalue weighted by Crippen LogP contribution is -2.31. The van der Waals surface area contributed by atoms with Crippen LogP contribution in [0.1, 0.15) is 78.4 Å². The molecule has 1 aliphatic carbocycles. The number of anilines is 1. The van der Waals surface area contributed by atoms with E-state index < -0.39 is 40.5 Å². The highest BCUT2D eigenvalue weighted by Crippen LogP contribution is 2.43. The number of fused-ring (bicyclic) bond motifs is 1. The summed E-state index contributed by atoms with van der Waals surface area (Å²) in [6.45, 7) is 2.36. The highest BCUT2D eigenvalue weighted by atomic mass is 35.5. The molecule has 2 heterocycles. The van der Waals surface area contributed by atoms with E-state index in [-0.39, 0.29) is 40.7 Å². The van der Waals surface area contributed by atoms with E-state index in [2.05, 4.69) is 5.32 Å². The van der Waals surface area contributed by atoms with Crippen LogP contribution < -0.4 is 5.32 Å². The number of Topliss-reactive ketones (excluding diaryl/α,β-unsaturated/α-hetero) is 2. The number of ketones is 2. The third-order valence-corrected chi connectivity index (χ3v) is 7.71. The summed E-state index contributed by atoms with van der Waals surface area (Å²) in [5, 5.41) is 11.4. The third-order valence-electron chi connectivity index (χ3n) is 7.34. The Morgan fingerprint density at radius 2 is 1.86 bits per heavy atom. The van der Waals surface area contributed by atoms with E-state index in [0.29, 0.717) is 50.8 Å². The van der Waals surface area contributed by atoms with E-state index in [1.54, 1.807) is 4.57 Å². The predicted octanol–water partition coefficient (Wildman–Crippen LogP) is 5.43. The molecule has 0 radical (unpaired) electrons. The molecule has 1 aromatic heterocycles. The minimum Gasteiger partial charge on any atom is -0.481 e. The number of hydrogen-bond acceptors (Lipinski definition) is 4. The number of carbonyl (C=O) groups excluding carboxylic acids is 3. The van der Waals surface area contributed by atoms with Crippen LogP contribution in [0.2, 0.25) is 5.02 Å². The second kappa shape index (κ2) is 10.1. The summed E-state index contributed by atoms with van der Waals surface area (Å²) in [6.07, 6.45) is 3.90. The summed E-state index contributed by atoms with van der Waals surface area (Å²) in [5.74, 6) is -4.97. The third kappa shape index (κ3) is 5.21. The van der Waals surface area contributed by atoms with Crippen molar-refractivity contribution in [3.63, 3.8) is 0 Å². The van der Waals surface area contributed by atoms with Crippen LogP contribution >= 0.6 is 11.6 Å². The van der Waals surface area contributed by atoms with Gasteiger partial charge in [0.25, 0.3) is 5.91 Å². The molecular weight excluding hydrogens is 494 g/mol. The van der Waals surface area contributed by atoms with Gasteiger partial charge in [-0.1, -0.05) is 18.5 Å². The van der Waals surface area contributed by atoms with E-state index in [1.807, 2.05) is 6.92 Å². The Hall–Kier alpha value is -3.07. The van der Waals surface area contributed by atoms with Crippen molar-refractivity contribution >= 4 is 40.7 Å². The minimum absolute atomic E-state index is 0.0128.